The van der Waals surface area contributed by atoms with Gasteiger partial charge in [0, 0.05) is 5.33 Å². The Kier molecular flexibility index (Phi) is 5.12. The van der Waals surface area contributed by atoms with Gasteiger partial charge in [0.1, 0.15) is 6.61 Å². The first-order chi connectivity index (χ1) is 7.24. The SMILES string of the molecule is C/C(=C\COC(=O)c1ccccc1)CBr. The van der Waals surface area contributed by atoms with Crippen LogP contribution in [0.1, 0.15) is 17.3 Å². The summed E-state index contributed by atoms with van der Waals surface area (Å²) >= 11 is 3.32. The third-order valence-electron chi connectivity index (χ3n) is 1.87. The number of esters is 1. The Bertz CT molecular complexity index is 344. The van der Waals surface area contributed by atoms with Gasteiger partial charge in [0.2, 0.25) is 0 Å². The summed E-state index contributed by atoms with van der Waals surface area (Å²) in [5, 5.41) is 0.801. The van der Waals surface area contributed by atoms with Gasteiger partial charge in [-0.3, -0.25) is 0 Å². The number of carbonyl (C=O) groups is 1. The molecule has 0 N–H and O–H groups in total. The number of ether oxygens (including phenoxy) is 1. The molecule has 0 spiro atoms. The van der Waals surface area contributed by atoms with Crippen LogP contribution in [-0.2, 0) is 4.74 Å². The highest BCUT2D eigenvalue weighted by molar-refractivity contribution is 9.09. The first-order valence-corrected chi connectivity index (χ1v) is 5.80. The molecule has 80 valence electrons. The maximum atomic E-state index is 11.5. The van der Waals surface area contributed by atoms with Crippen molar-refractivity contribution in [3.05, 3.63) is 47.5 Å². The summed E-state index contributed by atoms with van der Waals surface area (Å²) in [6, 6.07) is 8.98. The van der Waals surface area contributed by atoms with Crippen LogP contribution in [-0.4, -0.2) is 17.9 Å². The standard InChI is InChI=1S/C12H13BrO2/c1-10(9-13)7-8-15-12(14)11-5-3-2-4-6-11/h2-7H,8-9H2,1H3/b10-7+. The fourth-order valence-electron chi connectivity index (χ4n) is 0.972. The number of hydrogen-bond acceptors (Lipinski definition) is 2. The number of halogens is 1. The van der Waals surface area contributed by atoms with Gasteiger partial charge in [-0.2, -0.15) is 0 Å². The Hall–Kier alpha value is -1.09. The van der Waals surface area contributed by atoms with E-state index in [1.54, 1.807) is 12.1 Å². The highest BCUT2D eigenvalue weighted by atomic mass is 79.9. The van der Waals surface area contributed by atoms with Crippen molar-refractivity contribution in [3.8, 4) is 0 Å². The Balaban J connectivity index is 2.44. The quantitative estimate of drug-likeness (QED) is 0.476. The minimum Gasteiger partial charge on any atom is -0.458 e. The van der Waals surface area contributed by atoms with Crippen LogP contribution in [0.5, 0.6) is 0 Å². The Morgan fingerprint density at radius 2 is 2.07 bits per heavy atom. The lowest BCUT2D eigenvalue weighted by Gasteiger charge is -2.01. The van der Waals surface area contributed by atoms with Crippen molar-refractivity contribution in [2.24, 2.45) is 0 Å². The normalized spacial score (nSPS) is 11.2. The molecule has 0 aliphatic carbocycles. The van der Waals surface area contributed by atoms with Gasteiger partial charge in [0.05, 0.1) is 5.56 Å². The van der Waals surface area contributed by atoms with E-state index in [4.69, 9.17) is 4.74 Å². The van der Waals surface area contributed by atoms with Gasteiger partial charge >= 0.3 is 5.97 Å². The van der Waals surface area contributed by atoms with Crippen LogP contribution >= 0.6 is 15.9 Å². The number of alkyl halides is 1. The lowest BCUT2D eigenvalue weighted by molar-refractivity contribution is 0.0549. The number of allylic oxidation sites excluding steroid dienone is 1. The van der Waals surface area contributed by atoms with Crippen molar-refractivity contribution in [2.45, 2.75) is 6.92 Å². The van der Waals surface area contributed by atoms with Gasteiger partial charge in [-0.15, -0.1) is 0 Å². The maximum Gasteiger partial charge on any atom is 0.338 e. The summed E-state index contributed by atoms with van der Waals surface area (Å²) in [6.45, 7) is 2.30. The summed E-state index contributed by atoms with van der Waals surface area (Å²) < 4.78 is 5.06. The van der Waals surface area contributed by atoms with Crippen LogP contribution in [0.3, 0.4) is 0 Å². The van der Waals surface area contributed by atoms with Crippen molar-refractivity contribution < 1.29 is 9.53 Å². The second-order valence-electron chi connectivity index (χ2n) is 3.15. The lowest BCUT2D eigenvalue weighted by Crippen LogP contribution is -2.05. The van der Waals surface area contributed by atoms with E-state index in [-0.39, 0.29) is 5.97 Å². The summed E-state index contributed by atoms with van der Waals surface area (Å²) in [6.07, 6.45) is 1.88. The van der Waals surface area contributed by atoms with E-state index in [1.165, 1.54) is 0 Å². The van der Waals surface area contributed by atoms with Crippen LogP contribution in [0, 0.1) is 0 Å². The number of benzene rings is 1. The molecule has 0 aromatic heterocycles. The molecule has 0 unspecified atom stereocenters. The molecule has 2 nitrogen and oxygen atoms in total. The van der Waals surface area contributed by atoms with Crippen LogP contribution in [0.15, 0.2) is 42.0 Å². The van der Waals surface area contributed by atoms with E-state index in [9.17, 15) is 4.79 Å². The molecule has 0 aliphatic heterocycles. The average Bonchev–Trinajstić information content (AvgIpc) is 2.29. The van der Waals surface area contributed by atoms with Crippen LogP contribution in [0.2, 0.25) is 0 Å². The molecule has 0 aliphatic rings. The predicted molar refractivity (Wildman–Crippen MR) is 64.3 cm³/mol. The minimum atomic E-state index is -0.283. The monoisotopic (exact) mass is 268 g/mol. The first-order valence-electron chi connectivity index (χ1n) is 4.68. The molecule has 1 rings (SSSR count). The number of rotatable bonds is 4. The molecule has 3 heteroatoms. The molecule has 0 amide bonds. The largest absolute Gasteiger partial charge is 0.458 e. The molecule has 0 saturated heterocycles. The highest BCUT2D eigenvalue weighted by Crippen LogP contribution is 2.02. The van der Waals surface area contributed by atoms with Gasteiger partial charge in [0.15, 0.2) is 0 Å². The second kappa shape index (κ2) is 6.40. The van der Waals surface area contributed by atoms with Crippen LogP contribution in [0.4, 0.5) is 0 Å². The van der Waals surface area contributed by atoms with E-state index >= 15 is 0 Å². The summed E-state index contributed by atoms with van der Waals surface area (Å²) in [4.78, 5) is 11.5. The van der Waals surface area contributed by atoms with E-state index in [0.29, 0.717) is 12.2 Å². The van der Waals surface area contributed by atoms with Gasteiger partial charge in [-0.05, 0) is 25.1 Å². The van der Waals surface area contributed by atoms with Crippen LogP contribution < -0.4 is 0 Å². The van der Waals surface area contributed by atoms with Crippen LogP contribution in [0.25, 0.3) is 0 Å². The topological polar surface area (TPSA) is 26.3 Å². The Morgan fingerprint density at radius 1 is 1.40 bits per heavy atom. The Labute approximate surface area is 98.1 Å². The number of carbonyl (C=O) groups excluding carboxylic acids is 1. The van der Waals surface area contributed by atoms with Crippen molar-refractivity contribution >= 4 is 21.9 Å². The zero-order valence-corrected chi connectivity index (χ0v) is 10.2. The summed E-state index contributed by atoms with van der Waals surface area (Å²) in [5.41, 5.74) is 1.73. The fourth-order valence-corrected chi connectivity index (χ4v) is 1.20. The molecule has 0 saturated carbocycles. The smallest absolute Gasteiger partial charge is 0.338 e. The molecule has 0 radical (unpaired) electrons. The highest BCUT2D eigenvalue weighted by Gasteiger charge is 2.03. The van der Waals surface area contributed by atoms with Crippen molar-refractivity contribution in [3.63, 3.8) is 0 Å². The van der Waals surface area contributed by atoms with Gasteiger partial charge < -0.3 is 4.74 Å². The zero-order valence-electron chi connectivity index (χ0n) is 8.57. The van der Waals surface area contributed by atoms with Crippen molar-refractivity contribution in [1.82, 2.24) is 0 Å². The van der Waals surface area contributed by atoms with Crippen molar-refractivity contribution in [1.29, 1.82) is 0 Å². The zero-order chi connectivity index (χ0) is 11.1. The van der Waals surface area contributed by atoms with Gasteiger partial charge in [0.25, 0.3) is 0 Å². The molecule has 0 fully saturated rings. The molecule has 1 aromatic rings. The average molecular weight is 269 g/mol. The third-order valence-corrected chi connectivity index (χ3v) is 2.75. The first kappa shape index (κ1) is 12.0. The van der Waals surface area contributed by atoms with E-state index < -0.39 is 0 Å². The lowest BCUT2D eigenvalue weighted by atomic mass is 10.2. The minimum absolute atomic E-state index is 0.283. The predicted octanol–water partition coefficient (Wildman–Crippen LogP) is 3.18. The second-order valence-corrected chi connectivity index (χ2v) is 3.71. The molecule has 15 heavy (non-hydrogen) atoms. The molecule has 1 aromatic carbocycles. The van der Waals surface area contributed by atoms with E-state index in [0.717, 1.165) is 10.9 Å². The van der Waals surface area contributed by atoms with Gasteiger partial charge in [-0.1, -0.05) is 39.7 Å². The molecule has 0 heterocycles. The molecular formula is C12H13BrO2. The molecule has 0 atom stereocenters. The van der Waals surface area contributed by atoms with E-state index in [1.807, 2.05) is 31.2 Å². The number of hydrogen-bond donors (Lipinski definition) is 0. The molecular weight excluding hydrogens is 256 g/mol. The maximum absolute atomic E-state index is 11.5. The molecule has 0 bridgehead atoms. The van der Waals surface area contributed by atoms with Crippen molar-refractivity contribution in [2.75, 3.05) is 11.9 Å². The summed E-state index contributed by atoms with van der Waals surface area (Å²) in [7, 11) is 0. The third kappa shape index (κ3) is 4.30. The fraction of sp³-hybridized carbons (Fsp3) is 0.250. The van der Waals surface area contributed by atoms with E-state index in [2.05, 4.69) is 15.9 Å². The summed E-state index contributed by atoms with van der Waals surface area (Å²) in [5.74, 6) is -0.283. The Morgan fingerprint density at radius 3 is 2.67 bits per heavy atom. The van der Waals surface area contributed by atoms with Gasteiger partial charge in [-0.25, -0.2) is 4.79 Å².